The van der Waals surface area contributed by atoms with Crippen LogP contribution in [0, 0.1) is 5.92 Å². The van der Waals surface area contributed by atoms with Crippen LogP contribution in [0.5, 0.6) is 0 Å². The van der Waals surface area contributed by atoms with Crippen LogP contribution in [0.4, 0.5) is 4.39 Å². The molecule has 0 aliphatic carbocycles. The van der Waals surface area contributed by atoms with E-state index < -0.39 is 11.4 Å². The molecule has 2 nitrogen and oxygen atoms in total. The third kappa shape index (κ3) is 2.75. The SMILES string of the molecule is O=C(Cl)C(F)CC1CCOC1. The predicted molar refractivity (Wildman–Crippen MR) is 39.3 cm³/mol. The molecule has 1 rings (SSSR count). The third-order valence-electron chi connectivity index (χ3n) is 1.81. The van der Waals surface area contributed by atoms with Crippen molar-refractivity contribution in [1.82, 2.24) is 0 Å². The van der Waals surface area contributed by atoms with E-state index in [1.807, 2.05) is 0 Å². The number of ether oxygens (including phenoxy) is 1. The maximum absolute atomic E-state index is 12.6. The molecule has 0 saturated carbocycles. The molecule has 0 bridgehead atoms. The predicted octanol–water partition coefficient (Wildman–Crippen LogP) is 1.52. The van der Waals surface area contributed by atoms with E-state index in [2.05, 4.69) is 0 Å². The second-order valence-electron chi connectivity index (χ2n) is 2.74. The highest BCUT2D eigenvalue weighted by molar-refractivity contribution is 6.64. The topological polar surface area (TPSA) is 26.3 Å². The average molecular weight is 181 g/mol. The normalized spacial score (nSPS) is 26.9. The lowest BCUT2D eigenvalue weighted by Crippen LogP contribution is -2.15. The highest BCUT2D eigenvalue weighted by Gasteiger charge is 2.23. The average Bonchev–Trinajstić information content (AvgIpc) is 2.39. The summed E-state index contributed by atoms with van der Waals surface area (Å²) in [5.74, 6) is 0.174. The molecule has 1 fully saturated rings. The Morgan fingerprint density at radius 2 is 2.55 bits per heavy atom. The van der Waals surface area contributed by atoms with Gasteiger partial charge in [0.1, 0.15) is 0 Å². The van der Waals surface area contributed by atoms with Gasteiger partial charge in [-0.05, 0) is 30.4 Å². The molecular formula is C7H10ClFO2. The van der Waals surface area contributed by atoms with E-state index in [4.69, 9.17) is 16.3 Å². The molecule has 0 amide bonds. The maximum atomic E-state index is 12.6. The Labute approximate surface area is 69.7 Å². The first-order valence-corrected chi connectivity index (χ1v) is 3.99. The highest BCUT2D eigenvalue weighted by Crippen LogP contribution is 2.20. The van der Waals surface area contributed by atoms with Crippen molar-refractivity contribution >= 4 is 16.8 Å². The zero-order valence-corrected chi connectivity index (χ0v) is 6.81. The van der Waals surface area contributed by atoms with Gasteiger partial charge >= 0.3 is 0 Å². The van der Waals surface area contributed by atoms with E-state index in [-0.39, 0.29) is 12.3 Å². The monoisotopic (exact) mass is 180 g/mol. The Hall–Kier alpha value is -0.150. The molecule has 1 aliphatic heterocycles. The van der Waals surface area contributed by atoms with E-state index in [9.17, 15) is 9.18 Å². The smallest absolute Gasteiger partial charge is 0.255 e. The van der Waals surface area contributed by atoms with Gasteiger partial charge in [0.15, 0.2) is 6.17 Å². The van der Waals surface area contributed by atoms with Crippen LogP contribution in [0.1, 0.15) is 12.8 Å². The van der Waals surface area contributed by atoms with Crippen molar-refractivity contribution < 1.29 is 13.9 Å². The molecule has 1 saturated heterocycles. The van der Waals surface area contributed by atoms with E-state index in [1.165, 1.54) is 0 Å². The number of carbonyl (C=O) groups is 1. The standard InChI is InChI=1S/C7H10ClFO2/c8-7(10)6(9)3-5-1-2-11-4-5/h5-6H,1-4H2. The molecule has 64 valence electrons. The van der Waals surface area contributed by atoms with Gasteiger partial charge in [-0.25, -0.2) is 4.39 Å². The lowest BCUT2D eigenvalue weighted by Gasteiger charge is -2.07. The van der Waals surface area contributed by atoms with Crippen LogP contribution in [0.2, 0.25) is 0 Å². The summed E-state index contributed by atoms with van der Waals surface area (Å²) in [5.41, 5.74) is 0. The van der Waals surface area contributed by atoms with Crippen LogP contribution in [0.15, 0.2) is 0 Å². The summed E-state index contributed by atoms with van der Waals surface area (Å²) >= 11 is 4.95. The van der Waals surface area contributed by atoms with Crippen molar-refractivity contribution in [1.29, 1.82) is 0 Å². The lowest BCUT2D eigenvalue weighted by molar-refractivity contribution is -0.116. The summed E-state index contributed by atoms with van der Waals surface area (Å²) in [6, 6.07) is 0. The van der Waals surface area contributed by atoms with Crippen molar-refractivity contribution in [3.63, 3.8) is 0 Å². The fraction of sp³-hybridized carbons (Fsp3) is 0.857. The number of halogens is 2. The van der Waals surface area contributed by atoms with Crippen molar-refractivity contribution in [3.8, 4) is 0 Å². The van der Waals surface area contributed by atoms with Gasteiger partial charge in [0.25, 0.3) is 5.24 Å². The lowest BCUT2D eigenvalue weighted by atomic mass is 10.0. The minimum atomic E-state index is -1.51. The molecule has 4 heteroatoms. The first-order chi connectivity index (χ1) is 5.20. The van der Waals surface area contributed by atoms with Crippen molar-refractivity contribution in [2.45, 2.75) is 19.0 Å². The first-order valence-electron chi connectivity index (χ1n) is 3.61. The molecule has 1 aliphatic rings. The molecule has 0 N–H and O–H groups in total. The summed E-state index contributed by atoms with van der Waals surface area (Å²) in [6.45, 7) is 1.23. The van der Waals surface area contributed by atoms with Crippen molar-refractivity contribution in [2.24, 2.45) is 5.92 Å². The van der Waals surface area contributed by atoms with Crippen LogP contribution in [0.25, 0.3) is 0 Å². The van der Waals surface area contributed by atoms with Gasteiger partial charge in [-0.2, -0.15) is 0 Å². The zero-order chi connectivity index (χ0) is 8.27. The minimum absolute atomic E-state index is 0.174. The van der Waals surface area contributed by atoms with Gasteiger partial charge in [0, 0.05) is 13.2 Å². The van der Waals surface area contributed by atoms with Crippen molar-refractivity contribution in [2.75, 3.05) is 13.2 Å². The van der Waals surface area contributed by atoms with Crippen LogP contribution in [0.3, 0.4) is 0 Å². The summed E-state index contributed by atoms with van der Waals surface area (Å²) < 4.78 is 17.7. The molecule has 1 heterocycles. The number of carbonyl (C=O) groups excluding carboxylic acids is 1. The Morgan fingerprint density at radius 3 is 3.00 bits per heavy atom. The summed E-state index contributed by atoms with van der Waals surface area (Å²) in [7, 11) is 0. The van der Waals surface area contributed by atoms with E-state index in [1.54, 1.807) is 0 Å². The van der Waals surface area contributed by atoms with Crippen LogP contribution in [-0.2, 0) is 9.53 Å². The van der Waals surface area contributed by atoms with Crippen LogP contribution >= 0.6 is 11.6 Å². The molecule has 2 unspecified atom stereocenters. The van der Waals surface area contributed by atoms with E-state index in [0.29, 0.717) is 13.2 Å². The number of hydrogen-bond donors (Lipinski definition) is 0. The van der Waals surface area contributed by atoms with Crippen LogP contribution < -0.4 is 0 Å². The summed E-state index contributed by atoms with van der Waals surface area (Å²) in [6.07, 6.45) is -0.462. The molecule has 0 spiro atoms. The Kier molecular flexibility index (Phi) is 3.27. The zero-order valence-electron chi connectivity index (χ0n) is 6.06. The maximum Gasteiger partial charge on any atom is 0.255 e. The van der Waals surface area contributed by atoms with E-state index >= 15 is 0 Å². The molecule has 0 aromatic rings. The largest absolute Gasteiger partial charge is 0.381 e. The second kappa shape index (κ2) is 4.02. The summed E-state index contributed by atoms with van der Waals surface area (Å²) in [4.78, 5) is 10.3. The molecule has 0 aromatic heterocycles. The second-order valence-corrected chi connectivity index (χ2v) is 3.11. The molecule has 2 atom stereocenters. The molecule has 0 radical (unpaired) electrons. The number of rotatable bonds is 3. The Bertz CT molecular complexity index is 145. The fourth-order valence-corrected chi connectivity index (χ4v) is 1.24. The summed E-state index contributed by atoms with van der Waals surface area (Å²) in [5, 5.41) is -0.892. The van der Waals surface area contributed by atoms with Crippen molar-refractivity contribution in [3.05, 3.63) is 0 Å². The number of hydrogen-bond acceptors (Lipinski definition) is 2. The Morgan fingerprint density at radius 1 is 1.82 bits per heavy atom. The van der Waals surface area contributed by atoms with Gasteiger partial charge in [0.2, 0.25) is 0 Å². The first kappa shape index (κ1) is 8.94. The quantitative estimate of drug-likeness (QED) is 0.616. The minimum Gasteiger partial charge on any atom is -0.381 e. The van der Waals surface area contributed by atoms with Gasteiger partial charge in [-0.3, -0.25) is 4.79 Å². The fourth-order valence-electron chi connectivity index (χ4n) is 1.15. The van der Waals surface area contributed by atoms with Gasteiger partial charge < -0.3 is 4.74 Å². The van der Waals surface area contributed by atoms with Crippen LogP contribution in [-0.4, -0.2) is 24.6 Å². The number of alkyl halides is 1. The molecule has 11 heavy (non-hydrogen) atoms. The van der Waals surface area contributed by atoms with Gasteiger partial charge in [0.05, 0.1) is 0 Å². The van der Waals surface area contributed by atoms with Gasteiger partial charge in [-0.1, -0.05) is 0 Å². The highest BCUT2D eigenvalue weighted by atomic mass is 35.5. The third-order valence-corrected chi connectivity index (χ3v) is 2.05. The Balaban J connectivity index is 2.23. The van der Waals surface area contributed by atoms with Gasteiger partial charge in [-0.15, -0.1) is 0 Å². The van der Waals surface area contributed by atoms with E-state index in [0.717, 1.165) is 6.42 Å². The molecule has 0 aromatic carbocycles. The molecular weight excluding hydrogens is 171 g/mol.